The van der Waals surface area contributed by atoms with Crippen molar-refractivity contribution in [1.29, 1.82) is 0 Å². The number of carbonyl (C=O) groups excluding carboxylic acids is 2. The average molecular weight is 382 g/mol. The van der Waals surface area contributed by atoms with Crippen LogP contribution in [0.25, 0.3) is 22.6 Å². The lowest BCUT2D eigenvalue weighted by atomic mass is 9.86. The molecular formula is C19H22N6O3. The SMILES string of the molecule is CCOC(=O)Nc1c[nH]nc1-c1nc2cc3c(cc2[nH]1)C(C)(C)C(=O)N3CC. The third-order valence-electron chi connectivity index (χ3n) is 5.04. The summed E-state index contributed by atoms with van der Waals surface area (Å²) in [6.45, 7) is 8.44. The maximum atomic E-state index is 12.7. The standard InChI is InChI=1S/C19H22N6O3/c1-5-25-14-8-12-11(7-10(14)19(3,4)17(25)26)21-16(22-12)15-13(9-20-24-15)23-18(27)28-6-2/h7-9H,5-6H2,1-4H3,(H,20,24)(H,21,22)(H,23,27). The van der Waals surface area contributed by atoms with Crippen LogP contribution in [0.1, 0.15) is 33.3 Å². The van der Waals surface area contributed by atoms with Crippen LogP contribution in [-0.4, -0.2) is 45.3 Å². The van der Waals surface area contributed by atoms with E-state index in [2.05, 4.69) is 25.5 Å². The summed E-state index contributed by atoms with van der Waals surface area (Å²) in [6.07, 6.45) is 1.01. The Morgan fingerprint density at radius 1 is 1.32 bits per heavy atom. The van der Waals surface area contributed by atoms with Crippen molar-refractivity contribution in [2.45, 2.75) is 33.1 Å². The van der Waals surface area contributed by atoms with Crippen molar-refractivity contribution >= 4 is 34.4 Å². The second kappa shape index (κ2) is 6.36. The number of imidazole rings is 1. The van der Waals surface area contributed by atoms with Gasteiger partial charge in [-0.25, -0.2) is 9.78 Å². The predicted molar refractivity (Wildman–Crippen MR) is 105 cm³/mol. The number of ether oxygens (including phenoxy) is 1. The van der Waals surface area contributed by atoms with Crippen LogP contribution in [0.5, 0.6) is 0 Å². The Morgan fingerprint density at radius 2 is 2.11 bits per heavy atom. The quantitative estimate of drug-likeness (QED) is 0.641. The van der Waals surface area contributed by atoms with Gasteiger partial charge in [-0.2, -0.15) is 5.10 Å². The minimum absolute atomic E-state index is 0.0890. The Kier molecular flexibility index (Phi) is 4.10. The summed E-state index contributed by atoms with van der Waals surface area (Å²) >= 11 is 0. The predicted octanol–water partition coefficient (Wildman–Crippen LogP) is 3.17. The first-order chi connectivity index (χ1) is 13.4. The Hall–Kier alpha value is -3.36. The molecule has 0 aliphatic carbocycles. The molecule has 1 aliphatic rings. The molecule has 2 amide bonds. The van der Waals surface area contributed by atoms with Crippen LogP contribution in [-0.2, 0) is 14.9 Å². The van der Waals surface area contributed by atoms with Gasteiger partial charge in [-0.1, -0.05) is 0 Å². The van der Waals surface area contributed by atoms with Gasteiger partial charge in [0.2, 0.25) is 5.91 Å². The van der Waals surface area contributed by atoms with E-state index in [1.54, 1.807) is 18.0 Å². The summed E-state index contributed by atoms with van der Waals surface area (Å²) in [5, 5.41) is 9.57. The molecule has 0 unspecified atom stereocenters. The minimum Gasteiger partial charge on any atom is -0.450 e. The molecule has 9 nitrogen and oxygen atoms in total. The fourth-order valence-electron chi connectivity index (χ4n) is 3.60. The van der Waals surface area contributed by atoms with E-state index in [0.717, 1.165) is 22.3 Å². The number of anilines is 2. The number of hydrogen-bond donors (Lipinski definition) is 3. The highest BCUT2D eigenvalue weighted by atomic mass is 16.5. The maximum absolute atomic E-state index is 12.7. The molecule has 3 N–H and O–H groups in total. The summed E-state index contributed by atoms with van der Waals surface area (Å²) in [5.41, 5.74) is 3.74. The van der Waals surface area contributed by atoms with Crippen molar-refractivity contribution in [3.8, 4) is 11.5 Å². The number of fused-ring (bicyclic) bond motifs is 2. The number of rotatable bonds is 4. The Morgan fingerprint density at radius 3 is 2.82 bits per heavy atom. The third kappa shape index (κ3) is 2.62. The lowest BCUT2D eigenvalue weighted by Gasteiger charge is -2.18. The molecule has 1 aromatic carbocycles. The van der Waals surface area contributed by atoms with Crippen LogP contribution >= 0.6 is 0 Å². The number of likely N-dealkylation sites (N-methyl/N-ethyl adjacent to an activating group) is 1. The molecule has 0 spiro atoms. The van der Waals surface area contributed by atoms with Gasteiger partial charge in [-0.15, -0.1) is 0 Å². The van der Waals surface area contributed by atoms with Crippen LogP contribution in [0.2, 0.25) is 0 Å². The number of aromatic amines is 2. The number of H-pyrrole nitrogens is 2. The second-order valence-corrected chi connectivity index (χ2v) is 7.14. The summed E-state index contributed by atoms with van der Waals surface area (Å²) < 4.78 is 4.92. The van der Waals surface area contributed by atoms with Gasteiger partial charge in [0.1, 0.15) is 0 Å². The molecule has 28 heavy (non-hydrogen) atoms. The molecule has 0 saturated heterocycles. The van der Waals surface area contributed by atoms with Gasteiger partial charge in [0.15, 0.2) is 11.5 Å². The first-order valence-corrected chi connectivity index (χ1v) is 9.21. The van der Waals surface area contributed by atoms with Gasteiger partial charge in [-0.05, 0) is 45.4 Å². The Bertz CT molecular complexity index is 1080. The number of carbonyl (C=O) groups is 2. The highest BCUT2D eigenvalue weighted by molar-refractivity contribution is 6.09. The highest BCUT2D eigenvalue weighted by Gasteiger charge is 2.43. The summed E-state index contributed by atoms with van der Waals surface area (Å²) in [4.78, 5) is 34.1. The van der Waals surface area contributed by atoms with E-state index in [9.17, 15) is 9.59 Å². The van der Waals surface area contributed by atoms with E-state index < -0.39 is 11.5 Å². The van der Waals surface area contributed by atoms with Crippen molar-refractivity contribution in [2.75, 3.05) is 23.4 Å². The number of nitrogens with one attached hydrogen (secondary N) is 3. The zero-order valence-electron chi connectivity index (χ0n) is 16.2. The fourth-order valence-corrected chi connectivity index (χ4v) is 3.60. The number of benzene rings is 1. The van der Waals surface area contributed by atoms with Crippen LogP contribution < -0.4 is 10.2 Å². The molecule has 0 saturated carbocycles. The van der Waals surface area contributed by atoms with Crippen molar-refractivity contribution < 1.29 is 14.3 Å². The summed E-state index contributed by atoms with van der Waals surface area (Å²) in [5.74, 6) is 0.602. The lowest BCUT2D eigenvalue weighted by Crippen LogP contribution is -2.35. The van der Waals surface area contributed by atoms with Gasteiger partial charge in [0.05, 0.1) is 34.4 Å². The summed E-state index contributed by atoms with van der Waals surface area (Å²) in [6, 6.07) is 3.89. The molecule has 0 fully saturated rings. The molecule has 0 radical (unpaired) electrons. The van der Waals surface area contributed by atoms with Crippen LogP contribution in [0.3, 0.4) is 0 Å². The van der Waals surface area contributed by atoms with Crippen LogP contribution in [0, 0.1) is 0 Å². The van der Waals surface area contributed by atoms with Crippen molar-refractivity contribution in [1.82, 2.24) is 20.2 Å². The Balaban J connectivity index is 1.77. The van der Waals surface area contributed by atoms with E-state index in [-0.39, 0.29) is 12.5 Å². The van der Waals surface area contributed by atoms with Gasteiger partial charge in [0.25, 0.3) is 0 Å². The van der Waals surface area contributed by atoms with Gasteiger partial charge in [-0.3, -0.25) is 15.2 Å². The molecule has 0 bridgehead atoms. The molecular weight excluding hydrogens is 360 g/mol. The Labute approximate surface area is 161 Å². The number of aromatic nitrogens is 4. The van der Waals surface area contributed by atoms with E-state index in [4.69, 9.17) is 4.74 Å². The third-order valence-corrected chi connectivity index (χ3v) is 5.04. The minimum atomic E-state index is -0.590. The van der Waals surface area contributed by atoms with Gasteiger partial charge in [0, 0.05) is 12.7 Å². The summed E-state index contributed by atoms with van der Waals surface area (Å²) in [7, 11) is 0. The smallest absolute Gasteiger partial charge is 0.411 e. The number of amides is 2. The number of hydrogen-bond acceptors (Lipinski definition) is 5. The van der Waals surface area contributed by atoms with Crippen molar-refractivity contribution in [3.63, 3.8) is 0 Å². The molecule has 3 aromatic rings. The zero-order valence-corrected chi connectivity index (χ0v) is 16.2. The maximum Gasteiger partial charge on any atom is 0.411 e. The number of nitrogens with zero attached hydrogens (tertiary/aromatic N) is 3. The van der Waals surface area contributed by atoms with Gasteiger partial charge < -0.3 is 14.6 Å². The first kappa shape index (κ1) is 18.0. The monoisotopic (exact) mass is 382 g/mol. The molecule has 146 valence electrons. The second-order valence-electron chi connectivity index (χ2n) is 7.14. The van der Waals surface area contributed by atoms with Crippen LogP contribution in [0.15, 0.2) is 18.3 Å². The molecule has 4 rings (SSSR count). The molecule has 1 aliphatic heterocycles. The van der Waals surface area contributed by atoms with Crippen LogP contribution in [0.4, 0.5) is 16.2 Å². The largest absolute Gasteiger partial charge is 0.450 e. The van der Waals surface area contributed by atoms with Crippen molar-refractivity contribution in [3.05, 3.63) is 23.9 Å². The topological polar surface area (TPSA) is 116 Å². The molecule has 9 heteroatoms. The van der Waals surface area contributed by atoms with E-state index in [0.29, 0.717) is 23.8 Å². The van der Waals surface area contributed by atoms with E-state index in [1.165, 1.54) is 0 Å². The molecule has 2 aromatic heterocycles. The average Bonchev–Trinajstić information content (AvgIpc) is 3.31. The normalized spacial score (nSPS) is 15.1. The highest BCUT2D eigenvalue weighted by Crippen LogP contribution is 2.43. The van der Waals surface area contributed by atoms with E-state index >= 15 is 0 Å². The molecule has 3 heterocycles. The zero-order chi connectivity index (χ0) is 20.1. The lowest BCUT2D eigenvalue weighted by molar-refractivity contribution is -0.122. The molecule has 0 atom stereocenters. The fraction of sp³-hybridized carbons (Fsp3) is 0.368. The van der Waals surface area contributed by atoms with E-state index in [1.807, 2.05) is 32.9 Å². The first-order valence-electron chi connectivity index (χ1n) is 9.21. The van der Waals surface area contributed by atoms with Crippen molar-refractivity contribution in [2.24, 2.45) is 0 Å². The van der Waals surface area contributed by atoms with Gasteiger partial charge >= 0.3 is 6.09 Å².